The van der Waals surface area contributed by atoms with E-state index in [-0.39, 0.29) is 17.1 Å². The number of halogens is 4. The lowest BCUT2D eigenvalue weighted by Crippen LogP contribution is -2.62. The molecule has 0 unspecified atom stereocenters. The van der Waals surface area contributed by atoms with Gasteiger partial charge in [0.05, 0.1) is 5.92 Å². The molecule has 1 amide bonds. The summed E-state index contributed by atoms with van der Waals surface area (Å²) in [6.45, 7) is 2.83. The van der Waals surface area contributed by atoms with Gasteiger partial charge in [-0.05, 0) is 56.4 Å². The van der Waals surface area contributed by atoms with Gasteiger partial charge < -0.3 is 9.84 Å². The van der Waals surface area contributed by atoms with Crippen molar-refractivity contribution in [3.8, 4) is 5.75 Å². The fourth-order valence-electron chi connectivity index (χ4n) is 3.66. The lowest BCUT2D eigenvalue weighted by atomic mass is 9.80. The minimum atomic E-state index is -5.02. The van der Waals surface area contributed by atoms with E-state index in [0.717, 1.165) is 11.1 Å². The second kappa shape index (κ2) is 6.98. The standard InChI is InChI=1S/C18H20ClF3N2O3/c1-10-7-12(8-11(2)16(10)19)27-9-15(25)24-17(26,18(20,21)22)13-5-3-4-6-14(13)23-24/h7-8,13,26H,3-6,9H2,1-2H3/t13-,17+/m0/s1. The molecule has 0 saturated heterocycles. The molecule has 2 atom stereocenters. The van der Waals surface area contributed by atoms with Gasteiger partial charge in [0.2, 0.25) is 0 Å². The Morgan fingerprint density at radius 3 is 2.59 bits per heavy atom. The zero-order valence-electron chi connectivity index (χ0n) is 14.9. The molecule has 1 aromatic rings. The van der Waals surface area contributed by atoms with Gasteiger partial charge in [-0.25, -0.2) is 0 Å². The smallest absolute Gasteiger partial charge is 0.439 e. The van der Waals surface area contributed by atoms with E-state index in [1.54, 1.807) is 26.0 Å². The maximum atomic E-state index is 13.7. The first-order valence-electron chi connectivity index (χ1n) is 8.64. The van der Waals surface area contributed by atoms with Crippen LogP contribution in [0.3, 0.4) is 0 Å². The van der Waals surface area contributed by atoms with E-state index in [9.17, 15) is 23.1 Å². The molecule has 3 rings (SSSR count). The third-order valence-electron chi connectivity index (χ3n) is 5.04. The summed E-state index contributed by atoms with van der Waals surface area (Å²) in [5.74, 6) is -1.97. The molecule has 0 bridgehead atoms. The van der Waals surface area contributed by atoms with Crippen molar-refractivity contribution < 1.29 is 27.8 Å². The Morgan fingerprint density at radius 1 is 1.37 bits per heavy atom. The normalized spacial score (nSPS) is 25.2. The highest BCUT2D eigenvalue weighted by molar-refractivity contribution is 6.32. The quantitative estimate of drug-likeness (QED) is 0.829. The van der Waals surface area contributed by atoms with Crippen LogP contribution in [0, 0.1) is 19.8 Å². The number of hydrogen-bond acceptors (Lipinski definition) is 4. The highest BCUT2D eigenvalue weighted by Gasteiger charge is 2.68. The minimum Gasteiger partial charge on any atom is -0.484 e. The van der Waals surface area contributed by atoms with Crippen molar-refractivity contribution in [1.29, 1.82) is 0 Å². The third-order valence-corrected chi connectivity index (χ3v) is 5.64. The molecule has 148 valence electrons. The number of alkyl halides is 3. The predicted molar refractivity (Wildman–Crippen MR) is 93.7 cm³/mol. The average Bonchev–Trinajstić information content (AvgIpc) is 2.92. The van der Waals surface area contributed by atoms with Crippen molar-refractivity contribution in [1.82, 2.24) is 5.01 Å². The van der Waals surface area contributed by atoms with Crippen molar-refractivity contribution in [3.05, 3.63) is 28.3 Å². The largest absolute Gasteiger partial charge is 0.484 e. The Bertz CT molecular complexity index is 774. The number of aryl methyl sites for hydroxylation is 2. The van der Waals surface area contributed by atoms with Gasteiger partial charge in [-0.3, -0.25) is 4.79 Å². The van der Waals surface area contributed by atoms with Gasteiger partial charge in [0, 0.05) is 10.7 Å². The lowest BCUT2D eigenvalue weighted by Gasteiger charge is -2.38. The number of carbonyl (C=O) groups is 1. The van der Waals surface area contributed by atoms with Crippen LogP contribution in [0.5, 0.6) is 5.75 Å². The molecule has 1 fully saturated rings. The summed E-state index contributed by atoms with van der Waals surface area (Å²) in [7, 11) is 0. The SMILES string of the molecule is Cc1cc(OCC(=O)N2N=C3CCCC[C@@H]3[C@@]2(O)C(F)(F)F)cc(C)c1Cl. The van der Waals surface area contributed by atoms with Crippen LogP contribution in [0.15, 0.2) is 17.2 Å². The minimum absolute atomic E-state index is 0.134. The van der Waals surface area contributed by atoms with E-state index < -0.39 is 30.3 Å². The summed E-state index contributed by atoms with van der Waals surface area (Å²) in [6.07, 6.45) is -3.32. The molecule has 27 heavy (non-hydrogen) atoms. The van der Waals surface area contributed by atoms with E-state index in [4.69, 9.17) is 16.3 Å². The van der Waals surface area contributed by atoms with Crippen molar-refractivity contribution in [2.24, 2.45) is 11.0 Å². The maximum absolute atomic E-state index is 13.7. The number of ether oxygens (including phenoxy) is 1. The number of rotatable bonds is 3. The average molecular weight is 405 g/mol. The van der Waals surface area contributed by atoms with Crippen LogP contribution in [0.25, 0.3) is 0 Å². The van der Waals surface area contributed by atoms with Gasteiger partial charge in [0.1, 0.15) is 5.75 Å². The summed E-state index contributed by atoms with van der Waals surface area (Å²) in [4.78, 5) is 12.5. The Balaban J connectivity index is 1.81. The highest BCUT2D eigenvalue weighted by atomic mass is 35.5. The Morgan fingerprint density at radius 2 is 2.00 bits per heavy atom. The molecule has 9 heteroatoms. The topological polar surface area (TPSA) is 62.1 Å². The zero-order valence-corrected chi connectivity index (χ0v) is 15.7. The van der Waals surface area contributed by atoms with Crippen molar-refractivity contribution in [3.63, 3.8) is 0 Å². The molecule has 1 saturated carbocycles. The summed E-state index contributed by atoms with van der Waals surface area (Å²) >= 11 is 6.07. The second-order valence-corrected chi connectivity index (χ2v) is 7.36. The Labute approximate surface area is 159 Å². The molecule has 1 aliphatic carbocycles. The zero-order chi connectivity index (χ0) is 20.0. The molecule has 0 radical (unpaired) electrons. The van der Waals surface area contributed by atoms with Gasteiger partial charge >= 0.3 is 6.18 Å². The number of hydrogen-bond donors (Lipinski definition) is 1. The number of hydrazone groups is 1. The molecular weight excluding hydrogens is 385 g/mol. The molecular formula is C18H20ClF3N2O3. The second-order valence-electron chi connectivity index (χ2n) is 6.98. The van der Waals surface area contributed by atoms with Gasteiger partial charge in [-0.1, -0.05) is 18.0 Å². The fourth-order valence-corrected chi connectivity index (χ4v) is 3.77. The number of benzene rings is 1. The number of amides is 1. The van der Waals surface area contributed by atoms with Crippen LogP contribution in [0.2, 0.25) is 5.02 Å². The fraction of sp³-hybridized carbons (Fsp3) is 0.556. The van der Waals surface area contributed by atoms with Crippen LogP contribution in [-0.2, 0) is 4.79 Å². The number of nitrogens with zero attached hydrogens (tertiary/aromatic N) is 2. The molecule has 2 aliphatic rings. The first-order valence-corrected chi connectivity index (χ1v) is 9.02. The predicted octanol–water partition coefficient (Wildman–Crippen LogP) is 3.97. The number of aliphatic hydroxyl groups is 1. The van der Waals surface area contributed by atoms with Gasteiger partial charge in [-0.2, -0.15) is 23.3 Å². The summed E-state index contributed by atoms with van der Waals surface area (Å²) in [5, 5.41) is 15.0. The summed E-state index contributed by atoms with van der Waals surface area (Å²) in [6, 6.07) is 3.18. The highest BCUT2D eigenvalue weighted by Crippen LogP contribution is 2.48. The van der Waals surface area contributed by atoms with Crippen molar-refractivity contribution in [2.75, 3.05) is 6.61 Å². The molecule has 0 spiro atoms. The van der Waals surface area contributed by atoms with E-state index in [1.165, 1.54) is 0 Å². The monoisotopic (exact) mass is 404 g/mol. The van der Waals surface area contributed by atoms with Crippen LogP contribution in [-0.4, -0.2) is 40.2 Å². The molecule has 0 aromatic heterocycles. The van der Waals surface area contributed by atoms with Gasteiger partial charge in [0.25, 0.3) is 11.6 Å². The molecule has 5 nitrogen and oxygen atoms in total. The lowest BCUT2D eigenvalue weighted by molar-refractivity contribution is -0.317. The Kier molecular flexibility index (Phi) is 5.16. The summed E-state index contributed by atoms with van der Waals surface area (Å²) < 4.78 is 46.4. The van der Waals surface area contributed by atoms with Crippen LogP contribution >= 0.6 is 11.6 Å². The van der Waals surface area contributed by atoms with Crippen molar-refractivity contribution >= 4 is 23.2 Å². The Hall–Kier alpha value is -1.80. The van der Waals surface area contributed by atoms with E-state index in [2.05, 4.69) is 5.10 Å². The molecule has 1 heterocycles. The summed E-state index contributed by atoms with van der Waals surface area (Å²) in [5.41, 5.74) is -1.67. The molecule has 1 aliphatic heterocycles. The molecule has 1 aromatic carbocycles. The number of carbonyl (C=O) groups excluding carboxylic acids is 1. The van der Waals surface area contributed by atoms with Crippen molar-refractivity contribution in [2.45, 2.75) is 51.4 Å². The van der Waals surface area contributed by atoms with E-state index in [1.807, 2.05) is 0 Å². The first kappa shape index (κ1) is 19.9. The van der Waals surface area contributed by atoms with Crippen LogP contribution in [0.4, 0.5) is 13.2 Å². The number of fused-ring (bicyclic) bond motifs is 1. The maximum Gasteiger partial charge on any atom is 0.439 e. The van der Waals surface area contributed by atoms with E-state index >= 15 is 0 Å². The first-order chi connectivity index (χ1) is 12.6. The van der Waals surface area contributed by atoms with Crippen LogP contribution in [0.1, 0.15) is 36.8 Å². The van der Waals surface area contributed by atoms with Gasteiger partial charge in [0.15, 0.2) is 6.61 Å². The van der Waals surface area contributed by atoms with E-state index in [0.29, 0.717) is 30.0 Å². The third kappa shape index (κ3) is 3.40. The van der Waals surface area contributed by atoms with Gasteiger partial charge in [-0.15, -0.1) is 0 Å². The molecule has 1 N–H and O–H groups in total. The van der Waals surface area contributed by atoms with Crippen LogP contribution < -0.4 is 4.74 Å².